The van der Waals surface area contributed by atoms with Crippen molar-refractivity contribution in [2.45, 2.75) is 11.8 Å². The van der Waals surface area contributed by atoms with Crippen molar-refractivity contribution in [1.29, 1.82) is 0 Å². The molecule has 0 unspecified atom stereocenters. The van der Waals surface area contributed by atoms with Crippen LogP contribution in [0.15, 0.2) is 18.5 Å². The monoisotopic (exact) mass is 460 g/mol. The van der Waals surface area contributed by atoms with E-state index >= 15 is 0 Å². The SMILES string of the molecule is Cc1nsc(NS(=O)(=O)c2cc(Br)sc2Br)c1C(=O)O. The first-order chi connectivity index (χ1) is 9.22. The minimum atomic E-state index is -3.88. The molecule has 2 heterocycles. The number of nitrogens with one attached hydrogen (secondary N) is 1. The van der Waals surface area contributed by atoms with Crippen LogP contribution in [0.5, 0.6) is 0 Å². The van der Waals surface area contributed by atoms with Gasteiger partial charge in [0.2, 0.25) is 0 Å². The largest absolute Gasteiger partial charge is 0.478 e. The molecule has 6 nitrogen and oxygen atoms in total. The molecule has 20 heavy (non-hydrogen) atoms. The van der Waals surface area contributed by atoms with Crippen molar-refractivity contribution in [2.24, 2.45) is 0 Å². The lowest BCUT2D eigenvalue weighted by molar-refractivity contribution is 0.0697. The summed E-state index contributed by atoms with van der Waals surface area (Å²) in [5.41, 5.74) is 0.134. The molecule has 0 aliphatic carbocycles. The molecule has 0 aromatic carbocycles. The predicted octanol–water partition coefficient (Wildman–Crippen LogP) is 3.54. The number of carboxylic acids is 1. The lowest BCUT2D eigenvalue weighted by atomic mass is 10.2. The van der Waals surface area contributed by atoms with Gasteiger partial charge in [-0.3, -0.25) is 4.72 Å². The Morgan fingerprint density at radius 1 is 1.45 bits per heavy atom. The topological polar surface area (TPSA) is 96.4 Å². The zero-order valence-corrected chi connectivity index (χ0v) is 15.3. The molecule has 0 fully saturated rings. The number of hydrogen-bond donors (Lipinski definition) is 2. The molecule has 0 aliphatic heterocycles. The Kier molecular flexibility index (Phi) is 4.54. The molecule has 108 valence electrons. The highest BCUT2D eigenvalue weighted by atomic mass is 79.9. The minimum Gasteiger partial charge on any atom is -0.478 e. The first-order valence-corrected chi connectivity index (χ1v) is 9.55. The summed E-state index contributed by atoms with van der Waals surface area (Å²) in [6.07, 6.45) is 0. The highest BCUT2D eigenvalue weighted by Crippen LogP contribution is 2.36. The molecule has 0 saturated heterocycles. The number of aromatic nitrogens is 1. The zero-order valence-electron chi connectivity index (χ0n) is 9.68. The second kappa shape index (κ2) is 5.72. The van der Waals surface area contributed by atoms with Gasteiger partial charge in [0.25, 0.3) is 10.0 Å². The summed E-state index contributed by atoms with van der Waals surface area (Å²) in [4.78, 5) is 11.2. The third kappa shape index (κ3) is 3.06. The third-order valence-corrected chi connectivity index (χ3v) is 7.31. The van der Waals surface area contributed by atoms with Crippen molar-refractivity contribution in [2.75, 3.05) is 4.72 Å². The molecule has 0 saturated carbocycles. The smallest absolute Gasteiger partial charge is 0.340 e. The summed E-state index contributed by atoms with van der Waals surface area (Å²) in [6, 6.07) is 1.44. The van der Waals surface area contributed by atoms with Crippen LogP contribution >= 0.6 is 54.7 Å². The highest BCUT2D eigenvalue weighted by molar-refractivity contribution is 9.12. The normalized spacial score (nSPS) is 11.6. The molecule has 2 rings (SSSR count). The van der Waals surface area contributed by atoms with E-state index in [-0.39, 0.29) is 21.2 Å². The van der Waals surface area contributed by atoms with Gasteiger partial charge in [-0.15, -0.1) is 11.3 Å². The summed E-state index contributed by atoms with van der Waals surface area (Å²) in [5.74, 6) is -1.22. The maximum atomic E-state index is 12.3. The van der Waals surface area contributed by atoms with E-state index in [9.17, 15) is 13.2 Å². The van der Waals surface area contributed by atoms with Crippen LogP contribution in [0, 0.1) is 6.92 Å². The molecule has 0 aliphatic rings. The number of nitrogens with zero attached hydrogens (tertiary/aromatic N) is 1. The van der Waals surface area contributed by atoms with Gasteiger partial charge in [-0.05, 0) is 56.4 Å². The fraction of sp³-hybridized carbons (Fsp3) is 0.111. The van der Waals surface area contributed by atoms with E-state index in [1.807, 2.05) is 0 Å². The van der Waals surface area contributed by atoms with E-state index < -0.39 is 16.0 Å². The van der Waals surface area contributed by atoms with Gasteiger partial charge in [0.05, 0.1) is 13.3 Å². The van der Waals surface area contributed by atoms with Crippen LogP contribution in [0.3, 0.4) is 0 Å². The van der Waals surface area contributed by atoms with Gasteiger partial charge in [0.15, 0.2) is 0 Å². The molecule has 2 N–H and O–H groups in total. The van der Waals surface area contributed by atoms with Gasteiger partial charge < -0.3 is 5.11 Å². The quantitative estimate of drug-likeness (QED) is 0.725. The summed E-state index contributed by atoms with van der Waals surface area (Å²) in [5, 5.41) is 9.07. The van der Waals surface area contributed by atoms with Crippen LogP contribution < -0.4 is 4.72 Å². The van der Waals surface area contributed by atoms with Gasteiger partial charge in [-0.2, -0.15) is 4.37 Å². The van der Waals surface area contributed by atoms with Gasteiger partial charge in [0, 0.05) is 0 Å². The fourth-order valence-electron chi connectivity index (χ4n) is 1.38. The van der Waals surface area contributed by atoms with Crippen molar-refractivity contribution in [1.82, 2.24) is 4.37 Å². The van der Waals surface area contributed by atoms with E-state index in [1.165, 1.54) is 24.3 Å². The highest BCUT2D eigenvalue weighted by Gasteiger charge is 2.25. The van der Waals surface area contributed by atoms with E-state index in [4.69, 9.17) is 5.11 Å². The van der Waals surface area contributed by atoms with Gasteiger partial charge in [-0.25, -0.2) is 13.2 Å². The molecule has 11 heteroatoms. The molecule has 0 atom stereocenters. The molecule has 0 radical (unpaired) electrons. The second-order valence-corrected chi connectivity index (χ2v) is 9.74. The van der Waals surface area contributed by atoms with Crippen LogP contribution in [-0.4, -0.2) is 23.9 Å². The average molecular weight is 462 g/mol. The standard InChI is InChI=1S/C9H6Br2N2O4S3/c1-3-6(9(14)15)8(19-12-3)13-20(16,17)4-2-5(10)18-7(4)11/h2,13H,1H3,(H,14,15). The van der Waals surface area contributed by atoms with E-state index in [0.29, 0.717) is 7.57 Å². The summed E-state index contributed by atoms with van der Waals surface area (Å²) < 4.78 is 31.7. The van der Waals surface area contributed by atoms with Crippen molar-refractivity contribution in [3.63, 3.8) is 0 Å². The Morgan fingerprint density at radius 3 is 2.60 bits per heavy atom. The number of rotatable bonds is 4. The number of hydrogen-bond acceptors (Lipinski definition) is 6. The fourth-order valence-corrected chi connectivity index (χ4v) is 7.27. The summed E-state index contributed by atoms with van der Waals surface area (Å²) >= 11 is 8.36. The zero-order chi connectivity index (χ0) is 15.1. The minimum absolute atomic E-state index is 0.00998. The first kappa shape index (κ1) is 15.9. The van der Waals surface area contributed by atoms with Gasteiger partial charge in [-0.1, -0.05) is 0 Å². The van der Waals surface area contributed by atoms with Crippen molar-refractivity contribution in [3.05, 3.63) is 24.9 Å². The number of aryl methyl sites for hydroxylation is 1. The number of carbonyl (C=O) groups is 1. The molecule has 2 aromatic heterocycles. The van der Waals surface area contributed by atoms with Crippen LogP contribution in [0.25, 0.3) is 0 Å². The number of aromatic carboxylic acids is 1. The van der Waals surface area contributed by atoms with Crippen LogP contribution in [0.1, 0.15) is 16.1 Å². The number of anilines is 1. The molecular formula is C9H6Br2N2O4S3. The maximum absolute atomic E-state index is 12.3. The summed E-state index contributed by atoms with van der Waals surface area (Å²) in [6.45, 7) is 1.51. The Morgan fingerprint density at radius 2 is 2.10 bits per heavy atom. The summed E-state index contributed by atoms with van der Waals surface area (Å²) in [7, 11) is -3.88. The van der Waals surface area contributed by atoms with E-state index in [1.54, 1.807) is 0 Å². The molecule has 0 bridgehead atoms. The van der Waals surface area contributed by atoms with E-state index in [0.717, 1.165) is 11.5 Å². The number of halogens is 2. The van der Waals surface area contributed by atoms with Crippen molar-refractivity contribution in [3.8, 4) is 0 Å². The Balaban J connectivity index is 2.44. The Hall–Kier alpha value is -0.490. The number of carboxylic acid groups (broad SMARTS) is 1. The van der Waals surface area contributed by atoms with E-state index in [2.05, 4.69) is 41.0 Å². The van der Waals surface area contributed by atoms with Gasteiger partial charge >= 0.3 is 5.97 Å². The first-order valence-electron chi connectivity index (χ1n) is 4.89. The lowest BCUT2D eigenvalue weighted by Crippen LogP contribution is -2.14. The molecular weight excluding hydrogens is 456 g/mol. The molecule has 0 amide bonds. The predicted molar refractivity (Wildman–Crippen MR) is 84.3 cm³/mol. The average Bonchev–Trinajstić information content (AvgIpc) is 2.82. The van der Waals surface area contributed by atoms with Crippen molar-refractivity contribution < 1.29 is 18.3 Å². The van der Waals surface area contributed by atoms with Crippen LogP contribution in [0.4, 0.5) is 5.00 Å². The van der Waals surface area contributed by atoms with Crippen LogP contribution in [-0.2, 0) is 10.0 Å². The molecule has 0 spiro atoms. The third-order valence-electron chi connectivity index (χ3n) is 2.22. The Labute approximate surface area is 139 Å². The number of sulfonamides is 1. The lowest BCUT2D eigenvalue weighted by Gasteiger charge is -2.05. The second-order valence-electron chi connectivity index (χ2n) is 3.57. The number of thiophene rings is 1. The Bertz CT molecular complexity index is 781. The molecule has 2 aromatic rings. The van der Waals surface area contributed by atoms with Crippen LogP contribution in [0.2, 0.25) is 0 Å². The van der Waals surface area contributed by atoms with Gasteiger partial charge in [0.1, 0.15) is 15.5 Å². The maximum Gasteiger partial charge on any atom is 0.340 e. The van der Waals surface area contributed by atoms with Crippen molar-refractivity contribution >= 4 is 75.7 Å².